The molecular formula is C20H23FN6O. The molecule has 0 atom stereocenters. The minimum Gasteiger partial charge on any atom is -0.368 e. The smallest absolute Gasteiger partial charge is 0.297 e. The Balaban J connectivity index is 1.41. The van der Waals surface area contributed by atoms with Crippen molar-refractivity contribution in [2.75, 3.05) is 36.0 Å². The summed E-state index contributed by atoms with van der Waals surface area (Å²) in [7, 11) is 0. The lowest BCUT2D eigenvalue weighted by atomic mass is 10.1. The van der Waals surface area contributed by atoms with Crippen molar-refractivity contribution in [2.24, 2.45) is 0 Å². The van der Waals surface area contributed by atoms with Crippen LogP contribution in [0.5, 0.6) is 0 Å². The Labute approximate surface area is 161 Å². The van der Waals surface area contributed by atoms with Gasteiger partial charge in [0.1, 0.15) is 17.3 Å². The van der Waals surface area contributed by atoms with Crippen LogP contribution < -0.4 is 15.4 Å². The summed E-state index contributed by atoms with van der Waals surface area (Å²) in [5, 5.41) is 2.96. The van der Waals surface area contributed by atoms with Gasteiger partial charge in [-0.05, 0) is 56.4 Å². The van der Waals surface area contributed by atoms with Crippen molar-refractivity contribution in [3.63, 3.8) is 0 Å². The molecule has 8 heteroatoms. The van der Waals surface area contributed by atoms with E-state index in [4.69, 9.17) is 0 Å². The molecule has 2 fully saturated rings. The van der Waals surface area contributed by atoms with Gasteiger partial charge in [-0.2, -0.15) is 9.50 Å². The second-order valence-electron chi connectivity index (χ2n) is 7.75. The first kappa shape index (κ1) is 17.2. The van der Waals surface area contributed by atoms with Crippen LogP contribution in [0.4, 0.5) is 15.8 Å². The number of hydrogen-bond acceptors (Lipinski definition) is 5. The van der Waals surface area contributed by atoms with E-state index in [2.05, 4.69) is 24.9 Å². The molecule has 1 aromatic carbocycles. The average molecular weight is 382 g/mol. The van der Waals surface area contributed by atoms with Crippen LogP contribution in [0, 0.1) is 19.7 Å². The van der Waals surface area contributed by atoms with Crippen LogP contribution in [0.2, 0.25) is 0 Å². The van der Waals surface area contributed by atoms with Gasteiger partial charge in [-0.15, -0.1) is 0 Å². The molecule has 1 N–H and O–H groups in total. The van der Waals surface area contributed by atoms with E-state index in [9.17, 15) is 9.18 Å². The van der Waals surface area contributed by atoms with Crippen LogP contribution >= 0.6 is 0 Å². The number of H-pyrrole nitrogens is 1. The van der Waals surface area contributed by atoms with Crippen molar-refractivity contribution in [1.29, 1.82) is 0 Å². The Kier molecular flexibility index (Phi) is 3.89. The predicted molar refractivity (Wildman–Crippen MR) is 106 cm³/mol. The van der Waals surface area contributed by atoms with E-state index < -0.39 is 0 Å². The summed E-state index contributed by atoms with van der Waals surface area (Å²) in [4.78, 5) is 26.1. The van der Waals surface area contributed by atoms with Gasteiger partial charge < -0.3 is 9.80 Å². The van der Waals surface area contributed by atoms with Gasteiger partial charge in [-0.3, -0.25) is 9.89 Å². The lowest BCUT2D eigenvalue weighted by Crippen LogP contribution is -2.49. The van der Waals surface area contributed by atoms with Gasteiger partial charge in [0, 0.05) is 31.9 Å². The van der Waals surface area contributed by atoms with E-state index in [1.165, 1.54) is 4.52 Å². The second kappa shape index (κ2) is 6.32. The number of aromatic nitrogens is 4. The largest absolute Gasteiger partial charge is 0.368 e. The molecule has 146 valence electrons. The number of nitrogens with zero attached hydrogens (tertiary/aromatic N) is 5. The molecule has 28 heavy (non-hydrogen) atoms. The highest BCUT2D eigenvalue weighted by atomic mass is 19.1. The maximum Gasteiger partial charge on any atom is 0.297 e. The summed E-state index contributed by atoms with van der Waals surface area (Å²) >= 11 is 0. The Morgan fingerprint density at radius 1 is 1.07 bits per heavy atom. The number of fused-ring (bicyclic) bond motifs is 1. The van der Waals surface area contributed by atoms with Crippen molar-refractivity contribution in [1.82, 2.24) is 19.6 Å². The van der Waals surface area contributed by atoms with Gasteiger partial charge in [0.2, 0.25) is 0 Å². The Morgan fingerprint density at radius 3 is 2.50 bits per heavy atom. The highest BCUT2D eigenvalue weighted by Gasteiger charge is 2.30. The van der Waals surface area contributed by atoms with Gasteiger partial charge in [0.15, 0.2) is 0 Å². The van der Waals surface area contributed by atoms with Crippen LogP contribution in [-0.4, -0.2) is 45.8 Å². The van der Waals surface area contributed by atoms with Crippen molar-refractivity contribution in [2.45, 2.75) is 32.6 Å². The van der Waals surface area contributed by atoms with Crippen molar-refractivity contribution in [3.8, 4) is 0 Å². The molecule has 5 rings (SSSR count). The first-order valence-electron chi connectivity index (χ1n) is 9.76. The molecule has 1 aliphatic carbocycles. The fourth-order valence-electron chi connectivity index (χ4n) is 4.19. The molecule has 1 saturated heterocycles. The fraction of sp³-hybridized carbons (Fsp3) is 0.450. The summed E-state index contributed by atoms with van der Waals surface area (Å²) in [6, 6.07) is 5.14. The number of benzene rings is 1. The first-order valence-corrected chi connectivity index (χ1v) is 9.76. The Morgan fingerprint density at radius 2 is 1.79 bits per heavy atom. The summed E-state index contributed by atoms with van der Waals surface area (Å²) in [6.45, 7) is 6.68. The monoisotopic (exact) mass is 382 g/mol. The lowest BCUT2D eigenvalue weighted by molar-refractivity contribution is 0.620. The molecular weight excluding hydrogens is 359 g/mol. The minimum absolute atomic E-state index is 0.114. The van der Waals surface area contributed by atoms with Crippen LogP contribution in [-0.2, 0) is 0 Å². The molecule has 0 spiro atoms. The molecule has 2 aliphatic rings. The van der Waals surface area contributed by atoms with Gasteiger partial charge in [-0.1, -0.05) is 0 Å². The summed E-state index contributed by atoms with van der Waals surface area (Å²) in [5.41, 5.74) is 3.47. The maximum atomic E-state index is 13.7. The number of aryl methyl sites for hydroxylation is 2. The molecule has 1 aliphatic heterocycles. The Bertz CT molecular complexity index is 1110. The molecule has 3 heterocycles. The van der Waals surface area contributed by atoms with Gasteiger partial charge in [0.25, 0.3) is 11.3 Å². The van der Waals surface area contributed by atoms with Crippen LogP contribution in [0.15, 0.2) is 23.0 Å². The van der Waals surface area contributed by atoms with E-state index in [-0.39, 0.29) is 11.4 Å². The van der Waals surface area contributed by atoms with E-state index in [1.807, 2.05) is 19.9 Å². The maximum absolute atomic E-state index is 13.7. The van der Waals surface area contributed by atoms with E-state index >= 15 is 0 Å². The molecule has 7 nitrogen and oxygen atoms in total. The average Bonchev–Trinajstić information content (AvgIpc) is 3.45. The first-order chi connectivity index (χ1) is 13.5. The Hall–Kier alpha value is -2.90. The highest BCUT2D eigenvalue weighted by Crippen LogP contribution is 2.44. The summed E-state index contributed by atoms with van der Waals surface area (Å²) in [6.07, 6.45) is 2.28. The number of halogens is 1. The number of piperazine rings is 1. The topological polar surface area (TPSA) is 69.5 Å². The minimum atomic E-state index is -0.165. The molecule has 0 radical (unpaired) electrons. The van der Waals surface area contributed by atoms with Crippen LogP contribution in [0.3, 0.4) is 0 Å². The molecule has 1 saturated carbocycles. The third-order valence-corrected chi connectivity index (χ3v) is 5.70. The zero-order chi connectivity index (χ0) is 19.4. The number of anilines is 2. The second-order valence-corrected chi connectivity index (χ2v) is 7.75. The van der Waals surface area contributed by atoms with Crippen LogP contribution in [0.1, 0.15) is 35.8 Å². The molecule has 2 aromatic heterocycles. The molecule has 3 aromatic rings. The number of aromatic amines is 1. The molecule has 0 bridgehead atoms. The highest BCUT2D eigenvalue weighted by molar-refractivity contribution is 5.59. The third-order valence-electron chi connectivity index (χ3n) is 5.70. The molecule has 0 unspecified atom stereocenters. The third kappa shape index (κ3) is 2.83. The van der Waals surface area contributed by atoms with Crippen LogP contribution in [0.25, 0.3) is 5.78 Å². The summed E-state index contributed by atoms with van der Waals surface area (Å²) < 4.78 is 15.1. The van der Waals surface area contributed by atoms with E-state index in [0.717, 1.165) is 50.3 Å². The normalized spacial score (nSPS) is 17.5. The standard InChI is InChI=1S/C20H23FN6O/c1-12-18(19(28)27-20(22-12)23-13(2)24-27)26-9-7-25(8-10-26)17-6-5-15(21)11-16(17)14-3-4-14/h5-6,11,14H,3-4,7-10H2,1-2H3,(H,22,23,24). The summed E-state index contributed by atoms with van der Waals surface area (Å²) in [5.74, 6) is 1.39. The van der Waals surface area contributed by atoms with Gasteiger partial charge in [0.05, 0.1) is 5.69 Å². The van der Waals surface area contributed by atoms with E-state index in [0.29, 0.717) is 28.9 Å². The van der Waals surface area contributed by atoms with Gasteiger partial charge in [-0.25, -0.2) is 9.37 Å². The van der Waals surface area contributed by atoms with Crippen molar-refractivity contribution < 1.29 is 4.39 Å². The van der Waals surface area contributed by atoms with Crippen molar-refractivity contribution >= 4 is 17.2 Å². The lowest BCUT2D eigenvalue weighted by Gasteiger charge is -2.38. The van der Waals surface area contributed by atoms with E-state index in [1.54, 1.807) is 12.1 Å². The number of nitrogens with one attached hydrogen (secondary N) is 1. The van der Waals surface area contributed by atoms with Crippen molar-refractivity contribution in [3.05, 3.63) is 51.5 Å². The molecule has 0 amide bonds. The number of rotatable bonds is 3. The fourth-order valence-corrected chi connectivity index (χ4v) is 4.19. The zero-order valence-electron chi connectivity index (χ0n) is 16.1. The SMILES string of the molecule is Cc1nc2nc(C)c(N3CCN(c4ccc(F)cc4C4CC4)CC3)c(=O)n2[nH]1. The number of hydrogen-bond donors (Lipinski definition) is 1. The predicted octanol–water partition coefficient (Wildman–Crippen LogP) is 2.38. The quantitative estimate of drug-likeness (QED) is 0.753. The van der Waals surface area contributed by atoms with Gasteiger partial charge >= 0.3 is 0 Å². The zero-order valence-corrected chi connectivity index (χ0v) is 16.1.